The first kappa shape index (κ1) is 16.9. The second-order valence-electron chi connectivity index (χ2n) is 4.32. The fourth-order valence-corrected chi connectivity index (χ4v) is 1.45. The Bertz CT molecular complexity index is 544. The Morgan fingerprint density at radius 1 is 1.05 bits per heavy atom. The van der Waals surface area contributed by atoms with Crippen molar-refractivity contribution in [3.05, 3.63) is 35.9 Å². The van der Waals surface area contributed by atoms with Crippen molar-refractivity contribution >= 4 is 11.9 Å². The van der Waals surface area contributed by atoms with Crippen LogP contribution < -0.4 is 5.32 Å². The number of amides is 1. The van der Waals surface area contributed by atoms with Crippen LogP contribution in [-0.2, 0) is 15.1 Å². The first-order valence-electron chi connectivity index (χ1n) is 5.49. The Morgan fingerprint density at radius 3 is 1.90 bits per heavy atom. The molecule has 0 saturated carbocycles. The van der Waals surface area contributed by atoms with Crippen molar-refractivity contribution in [1.82, 2.24) is 5.32 Å². The van der Waals surface area contributed by atoms with Crippen LogP contribution in [-0.4, -0.2) is 29.1 Å². The van der Waals surface area contributed by atoms with Gasteiger partial charge in [-0.3, -0.25) is 4.79 Å². The van der Waals surface area contributed by atoms with E-state index >= 15 is 0 Å². The van der Waals surface area contributed by atoms with E-state index in [0.29, 0.717) is 0 Å². The number of carboxylic acid groups (broad SMARTS) is 1. The van der Waals surface area contributed by atoms with Gasteiger partial charge in [0.05, 0.1) is 0 Å². The van der Waals surface area contributed by atoms with Crippen LogP contribution in [0.4, 0.5) is 22.0 Å². The number of alkyl halides is 5. The molecule has 0 radical (unpaired) electrons. The Kier molecular flexibility index (Phi) is 4.26. The molecule has 0 aromatic heterocycles. The number of carboxylic acids is 1. The van der Waals surface area contributed by atoms with Gasteiger partial charge < -0.3 is 10.4 Å². The van der Waals surface area contributed by atoms with E-state index in [-0.39, 0.29) is 5.56 Å². The highest BCUT2D eigenvalue weighted by atomic mass is 19.4. The molecule has 1 rings (SSSR count). The number of aliphatic carboxylic acids is 1. The van der Waals surface area contributed by atoms with E-state index in [9.17, 15) is 31.5 Å². The molecular formula is C12H10F5NO3. The molecule has 4 nitrogen and oxygen atoms in total. The van der Waals surface area contributed by atoms with Gasteiger partial charge in [-0.25, -0.2) is 4.79 Å². The van der Waals surface area contributed by atoms with Gasteiger partial charge in [0, 0.05) is 0 Å². The molecule has 21 heavy (non-hydrogen) atoms. The fraction of sp³-hybridized carbons (Fsp3) is 0.333. The minimum atomic E-state index is -6.12. The van der Waals surface area contributed by atoms with E-state index in [2.05, 4.69) is 0 Å². The molecule has 0 aliphatic rings. The van der Waals surface area contributed by atoms with Crippen molar-refractivity contribution < 1.29 is 36.6 Å². The average molecular weight is 311 g/mol. The number of nitrogens with one attached hydrogen (secondary N) is 1. The summed E-state index contributed by atoms with van der Waals surface area (Å²) in [5, 5.41) is 10.3. The number of hydrogen-bond acceptors (Lipinski definition) is 2. The van der Waals surface area contributed by atoms with Crippen LogP contribution >= 0.6 is 0 Å². The molecule has 1 unspecified atom stereocenters. The van der Waals surface area contributed by atoms with Gasteiger partial charge in [-0.1, -0.05) is 30.3 Å². The Morgan fingerprint density at radius 2 is 1.52 bits per heavy atom. The summed E-state index contributed by atoms with van der Waals surface area (Å²) in [7, 11) is 0. The molecule has 0 fully saturated rings. The quantitative estimate of drug-likeness (QED) is 0.839. The lowest BCUT2D eigenvalue weighted by molar-refractivity contribution is -0.270. The first-order valence-corrected chi connectivity index (χ1v) is 5.49. The Labute approximate surface area is 115 Å². The summed E-state index contributed by atoms with van der Waals surface area (Å²) < 4.78 is 62.1. The van der Waals surface area contributed by atoms with Crippen molar-refractivity contribution in [1.29, 1.82) is 0 Å². The van der Waals surface area contributed by atoms with Gasteiger partial charge in [0.15, 0.2) is 5.54 Å². The molecule has 1 atom stereocenters. The van der Waals surface area contributed by atoms with Crippen molar-refractivity contribution in [2.24, 2.45) is 0 Å². The minimum absolute atomic E-state index is 0.149. The van der Waals surface area contributed by atoms with Gasteiger partial charge in [-0.05, 0) is 12.5 Å². The lowest BCUT2D eigenvalue weighted by Crippen LogP contribution is -2.58. The molecule has 2 N–H and O–H groups in total. The van der Waals surface area contributed by atoms with E-state index in [1.807, 2.05) is 0 Å². The molecule has 1 aromatic carbocycles. The second kappa shape index (κ2) is 5.30. The number of benzene rings is 1. The molecule has 9 heteroatoms. The van der Waals surface area contributed by atoms with Gasteiger partial charge in [0.1, 0.15) is 0 Å². The minimum Gasteiger partial charge on any atom is -0.479 e. The summed E-state index contributed by atoms with van der Waals surface area (Å²) in [4.78, 5) is 22.4. The third-order valence-corrected chi connectivity index (χ3v) is 2.78. The number of carbonyl (C=O) groups is 2. The molecule has 1 aromatic rings. The highest BCUT2D eigenvalue weighted by molar-refractivity contribution is 5.91. The SMILES string of the molecule is CC(NC(=O)C(F)(F)C(F)(F)F)(C(=O)O)c1ccccc1. The van der Waals surface area contributed by atoms with Crippen LogP contribution in [0.1, 0.15) is 12.5 Å². The van der Waals surface area contributed by atoms with E-state index < -0.39 is 29.5 Å². The average Bonchev–Trinajstić information content (AvgIpc) is 2.37. The molecule has 0 bridgehead atoms. The Hall–Kier alpha value is -2.19. The van der Waals surface area contributed by atoms with E-state index in [1.54, 1.807) is 0 Å². The van der Waals surface area contributed by atoms with Crippen molar-refractivity contribution in [2.75, 3.05) is 0 Å². The summed E-state index contributed by atoms with van der Waals surface area (Å²) in [5.74, 6) is -10.2. The second-order valence-corrected chi connectivity index (χ2v) is 4.32. The van der Waals surface area contributed by atoms with Crippen molar-refractivity contribution in [3.63, 3.8) is 0 Å². The smallest absolute Gasteiger partial charge is 0.463 e. The van der Waals surface area contributed by atoms with Crippen LogP contribution in [0.5, 0.6) is 0 Å². The first-order chi connectivity index (χ1) is 9.43. The molecular weight excluding hydrogens is 301 g/mol. The molecule has 0 saturated heterocycles. The van der Waals surface area contributed by atoms with Crippen LogP contribution in [0.25, 0.3) is 0 Å². The molecule has 116 valence electrons. The molecule has 0 spiro atoms. The maximum absolute atomic E-state index is 12.9. The molecule has 0 aliphatic heterocycles. The zero-order chi connectivity index (χ0) is 16.5. The summed E-state index contributed by atoms with van der Waals surface area (Å²) in [6.07, 6.45) is -6.12. The maximum Gasteiger partial charge on any atom is 0.463 e. The lowest BCUT2D eigenvalue weighted by atomic mass is 9.91. The summed E-state index contributed by atoms with van der Waals surface area (Å²) in [5.41, 5.74) is -2.57. The third-order valence-electron chi connectivity index (χ3n) is 2.78. The fourth-order valence-electron chi connectivity index (χ4n) is 1.45. The summed E-state index contributed by atoms with van der Waals surface area (Å²) >= 11 is 0. The van der Waals surface area contributed by atoms with Crippen molar-refractivity contribution in [3.8, 4) is 0 Å². The van der Waals surface area contributed by atoms with E-state index in [0.717, 1.165) is 6.92 Å². The number of carbonyl (C=O) groups excluding carboxylic acids is 1. The van der Waals surface area contributed by atoms with Gasteiger partial charge in [-0.15, -0.1) is 0 Å². The number of hydrogen-bond donors (Lipinski definition) is 2. The maximum atomic E-state index is 12.9. The van der Waals surface area contributed by atoms with Crippen LogP contribution in [0.2, 0.25) is 0 Å². The highest BCUT2D eigenvalue weighted by Gasteiger charge is 2.64. The monoisotopic (exact) mass is 311 g/mol. The van der Waals surface area contributed by atoms with Gasteiger partial charge in [0.25, 0.3) is 0 Å². The standard InChI is InChI=1S/C12H10F5NO3/c1-10(9(20)21,7-5-3-2-4-6-7)18-8(19)11(13,14)12(15,16)17/h2-6H,1H3,(H,18,19)(H,20,21). The zero-order valence-electron chi connectivity index (χ0n) is 10.5. The molecule has 1 amide bonds. The number of rotatable bonds is 4. The zero-order valence-corrected chi connectivity index (χ0v) is 10.5. The van der Waals surface area contributed by atoms with E-state index in [4.69, 9.17) is 5.11 Å². The predicted octanol–water partition coefficient (Wildman–Crippen LogP) is 2.30. The molecule has 0 heterocycles. The van der Waals surface area contributed by atoms with Crippen molar-refractivity contribution in [2.45, 2.75) is 24.6 Å². The van der Waals surface area contributed by atoms with Gasteiger partial charge in [-0.2, -0.15) is 22.0 Å². The predicted molar refractivity (Wildman–Crippen MR) is 60.6 cm³/mol. The van der Waals surface area contributed by atoms with Crippen LogP contribution in [0.3, 0.4) is 0 Å². The Balaban J connectivity index is 3.17. The van der Waals surface area contributed by atoms with Crippen LogP contribution in [0.15, 0.2) is 30.3 Å². The highest BCUT2D eigenvalue weighted by Crippen LogP contribution is 2.36. The van der Waals surface area contributed by atoms with Gasteiger partial charge in [0.2, 0.25) is 0 Å². The topological polar surface area (TPSA) is 66.4 Å². The van der Waals surface area contributed by atoms with Gasteiger partial charge >= 0.3 is 24.0 Å². The van der Waals surface area contributed by atoms with E-state index in [1.165, 1.54) is 35.6 Å². The summed E-state index contributed by atoms with van der Waals surface area (Å²) in [6.45, 7) is 0.815. The number of halogens is 5. The largest absolute Gasteiger partial charge is 0.479 e. The van der Waals surface area contributed by atoms with Crippen LogP contribution in [0, 0.1) is 0 Å². The lowest BCUT2D eigenvalue weighted by Gasteiger charge is -2.29. The normalized spacial score (nSPS) is 15.1. The third kappa shape index (κ3) is 3.11. The molecule has 0 aliphatic carbocycles. The summed E-state index contributed by atoms with van der Waals surface area (Å²) in [6, 6.07) is 6.55.